The molecule has 0 bridgehead atoms. The Labute approximate surface area is 142 Å². The van der Waals surface area contributed by atoms with Crippen molar-refractivity contribution in [2.75, 3.05) is 10.0 Å². The highest BCUT2D eigenvalue weighted by atomic mass is 32.2. The van der Waals surface area contributed by atoms with E-state index in [1.165, 1.54) is 12.1 Å². The Hall–Kier alpha value is -2.57. The Kier molecular flexibility index (Phi) is 4.17. The molecule has 0 spiro atoms. The van der Waals surface area contributed by atoms with Gasteiger partial charge in [0, 0.05) is 6.42 Å². The van der Waals surface area contributed by atoms with E-state index in [4.69, 9.17) is 4.74 Å². The molecule has 124 valence electrons. The molecule has 0 saturated heterocycles. The first-order valence-electron chi connectivity index (χ1n) is 7.00. The van der Waals surface area contributed by atoms with Crippen LogP contribution in [0.3, 0.4) is 0 Å². The summed E-state index contributed by atoms with van der Waals surface area (Å²) in [7, 11) is -3.71. The molecule has 9 heteroatoms. The summed E-state index contributed by atoms with van der Waals surface area (Å²) in [6, 6.07) is 8.11. The first-order valence-corrected chi connectivity index (χ1v) is 9.36. The van der Waals surface area contributed by atoms with Crippen molar-refractivity contribution >= 4 is 38.8 Å². The summed E-state index contributed by atoms with van der Waals surface area (Å²) >= 11 is 1.10. The Bertz CT molecular complexity index is 930. The molecule has 2 aromatic rings. The lowest BCUT2D eigenvalue weighted by atomic mass is 10.0. The number of rotatable bonds is 3. The molecule has 1 aliphatic heterocycles. The second-order valence-corrected chi connectivity index (χ2v) is 8.11. The summed E-state index contributed by atoms with van der Waals surface area (Å²) < 4.78 is 32.4. The van der Waals surface area contributed by atoms with Gasteiger partial charge < -0.3 is 4.74 Å². The number of carbonyl (C=O) groups excluding carboxylic acids is 1. The minimum Gasteiger partial charge on any atom is -0.446 e. The first-order chi connectivity index (χ1) is 11.4. The number of carbonyl (C=O) groups is 1. The molecule has 24 heavy (non-hydrogen) atoms. The molecule has 1 atom stereocenters. The number of sulfonamides is 1. The summed E-state index contributed by atoms with van der Waals surface area (Å²) in [5.41, 5.74) is 1.42. The zero-order chi connectivity index (χ0) is 17.3. The van der Waals surface area contributed by atoms with E-state index in [1.807, 2.05) is 6.07 Å². The van der Waals surface area contributed by atoms with Crippen molar-refractivity contribution in [1.29, 1.82) is 5.26 Å². The molecule has 2 N–H and O–H groups in total. The monoisotopic (exact) mass is 363 g/mol. The maximum Gasteiger partial charge on any atom is 0.411 e. The molecule has 1 aromatic heterocycles. The van der Waals surface area contributed by atoms with E-state index in [9.17, 15) is 18.5 Å². The van der Waals surface area contributed by atoms with E-state index in [1.54, 1.807) is 24.4 Å². The van der Waals surface area contributed by atoms with E-state index in [0.717, 1.165) is 11.3 Å². The van der Waals surface area contributed by atoms with Crippen LogP contribution in [0.1, 0.15) is 18.1 Å². The van der Waals surface area contributed by atoms with Gasteiger partial charge in [-0.3, -0.25) is 10.0 Å². The lowest BCUT2D eigenvalue weighted by molar-refractivity contribution is 0.123. The molecule has 1 aromatic carbocycles. The second kappa shape index (κ2) is 6.14. The van der Waals surface area contributed by atoms with Gasteiger partial charge in [0.25, 0.3) is 10.0 Å². The van der Waals surface area contributed by atoms with Gasteiger partial charge in [0.15, 0.2) is 0 Å². The van der Waals surface area contributed by atoms with Gasteiger partial charge in [-0.05, 0) is 36.1 Å². The Balaban J connectivity index is 2.02. The van der Waals surface area contributed by atoms with Gasteiger partial charge in [-0.2, -0.15) is 5.26 Å². The van der Waals surface area contributed by atoms with Crippen LogP contribution in [-0.4, -0.2) is 20.6 Å². The van der Waals surface area contributed by atoms with Crippen LogP contribution in [0.2, 0.25) is 0 Å². The minimum absolute atomic E-state index is 0.169. The first kappa shape index (κ1) is 16.3. The van der Waals surface area contributed by atoms with Crippen molar-refractivity contribution in [3.8, 4) is 6.07 Å². The quantitative estimate of drug-likeness (QED) is 0.871. The molecule has 2 heterocycles. The van der Waals surface area contributed by atoms with Gasteiger partial charge in [-0.25, -0.2) is 13.2 Å². The predicted octanol–water partition coefficient (Wildman–Crippen LogP) is 2.91. The summed E-state index contributed by atoms with van der Waals surface area (Å²) in [6.45, 7) is 1.73. The number of nitrogens with zero attached hydrogens (tertiary/aromatic N) is 1. The summed E-state index contributed by atoms with van der Waals surface area (Å²) in [5, 5.41) is 13.5. The third-order valence-corrected chi connectivity index (χ3v) is 6.17. The van der Waals surface area contributed by atoms with Crippen LogP contribution in [0.15, 0.2) is 33.9 Å². The smallest absolute Gasteiger partial charge is 0.411 e. The number of benzene rings is 1. The highest BCUT2D eigenvalue weighted by Crippen LogP contribution is 2.31. The van der Waals surface area contributed by atoms with Gasteiger partial charge in [-0.1, -0.05) is 6.07 Å². The molecule has 1 amide bonds. The molecule has 0 radical (unpaired) electrons. The van der Waals surface area contributed by atoms with Gasteiger partial charge in [0.1, 0.15) is 16.4 Å². The highest BCUT2D eigenvalue weighted by molar-refractivity contribution is 7.94. The number of cyclic esters (lactones) is 1. The van der Waals surface area contributed by atoms with Crippen LogP contribution in [0.25, 0.3) is 0 Å². The van der Waals surface area contributed by atoms with Crippen molar-refractivity contribution in [2.24, 2.45) is 0 Å². The maximum atomic E-state index is 12.3. The van der Waals surface area contributed by atoms with Crippen molar-refractivity contribution in [1.82, 2.24) is 0 Å². The van der Waals surface area contributed by atoms with Gasteiger partial charge in [-0.15, -0.1) is 11.3 Å². The topological polar surface area (TPSA) is 108 Å². The largest absolute Gasteiger partial charge is 0.446 e. The molecule has 1 unspecified atom stereocenters. The van der Waals surface area contributed by atoms with Crippen LogP contribution in [0.5, 0.6) is 0 Å². The fourth-order valence-corrected chi connectivity index (χ4v) is 4.48. The number of hydrogen-bond donors (Lipinski definition) is 2. The molecular weight excluding hydrogens is 350 g/mol. The van der Waals surface area contributed by atoms with Crippen LogP contribution in [0, 0.1) is 11.3 Å². The lowest BCUT2D eigenvalue weighted by Gasteiger charge is -2.12. The number of anilines is 2. The maximum absolute atomic E-state index is 12.3. The SMILES string of the molecule is CC1Cc2cc(NS(=O)(=O)c3cccs3)cc(C#N)c2NC(=O)O1. The molecular formula is C15H13N3O4S2. The van der Waals surface area contributed by atoms with Crippen molar-refractivity contribution in [3.05, 3.63) is 40.8 Å². The van der Waals surface area contributed by atoms with Gasteiger partial charge in [0.05, 0.1) is 16.9 Å². The average molecular weight is 363 g/mol. The Morgan fingerprint density at radius 3 is 2.92 bits per heavy atom. The second-order valence-electron chi connectivity index (χ2n) is 5.25. The third kappa shape index (κ3) is 3.20. The lowest BCUT2D eigenvalue weighted by Crippen LogP contribution is -2.17. The zero-order valence-corrected chi connectivity index (χ0v) is 14.2. The van der Waals surface area contributed by atoms with Crippen molar-refractivity contribution in [2.45, 2.75) is 23.7 Å². The number of nitrogens with one attached hydrogen (secondary N) is 2. The number of nitriles is 1. The molecule has 0 fully saturated rings. The number of fused-ring (bicyclic) bond motifs is 1. The van der Waals surface area contributed by atoms with E-state index in [2.05, 4.69) is 10.0 Å². The molecule has 0 saturated carbocycles. The number of ether oxygens (including phenoxy) is 1. The van der Waals surface area contributed by atoms with E-state index < -0.39 is 16.1 Å². The van der Waals surface area contributed by atoms with Crippen LogP contribution in [0.4, 0.5) is 16.2 Å². The Morgan fingerprint density at radius 1 is 1.46 bits per heavy atom. The van der Waals surface area contributed by atoms with E-state index in [0.29, 0.717) is 17.7 Å². The molecule has 0 aliphatic carbocycles. The molecule has 7 nitrogen and oxygen atoms in total. The standard InChI is InChI=1S/C15H13N3O4S2/c1-9-5-10-6-12(18-24(20,21)13-3-2-4-23-13)7-11(8-16)14(10)17-15(19)22-9/h2-4,6-7,9,18H,5H2,1H3,(H,17,19). The predicted molar refractivity (Wildman–Crippen MR) is 89.6 cm³/mol. The summed E-state index contributed by atoms with van der Waals surface area (Å²) in [5.74, 6) is 0. The van der Waals surface area contributed by atoms with Crippen LogP contribution >= 0.6 is 11.3 Å². The fraction of sp³-hybridized carbons (Fsp3) is 0.200. The average Bonchev–Trinajstić information content (AvgIpc) is 2.99. The summed E-state index contributed by atoms with van der Waals surface area (Å²) in [4.78, 5) is 11.6. The van der Waals surface area contributed by atoms with Crippen LogP contribution in [-0.2, 0) is 21.2 Å². The van der Waals surface area contributed by atoms with Crippen LogP contribution < -0.4 is 10.0 Å². The van der Waals surface area contributed by atoms with E-state index in [-0.39, 0.29) is 21.6 Å². The van der Waals surface area contributed by atoms with Crippen molar-refractivity contribution < 1.29 is 17.9 Å². The van der Waals surface area contributed by atoms with Gasteiger partial charge in [0.2, 0.25) is 0 Å². The Morgan fingerprint density at radius 2 is 2.25 bits per heavy atom. The normalized spacial score (nSPS) is 17.0. The fourth-order valence-electron chi connectivity index (χ4n) is 2.45. The minimum atomic E-state index is -3.71. The number of hydrogen-bond acceptors (Lipinski definition) is 6. The highest BCUT2D eigenvalue weighted by Gasteiger charge is 2.23. The van der Waals surface area contributed by atoms with Crippen molar-refractivity contribution in [3.63, 3.8) is 0 Å². The molecule has 3 rings (SSSR count). The number of thiophene rings is 1. The zero-order valence-electron chi connectivity index (χ0n) is 12.6. The number of amides is 1. The molecule has 1 aliphatic rings. The third-order valence-electron chi connectivity index (χ3n) is 3.40. The summed E-state index contributed by atoms with van der Waals surface area (Å²) in [6.07, 6.45) is -0.649. The van der Waals surface area contributed by atoms with Gasteiger partial charge >= 0.3 is 6.09 Å². The van der Waals surface area contributed by atoms with E-state index >= 15 is 0 Å².